The van der Waals surface area contributed by atoms with Crippen LogP contribution in [0.2, 0.25) is 0 Å². The SMILES string of the molecule is O=C(Cn1nnc2ccccc2c1=O)Nc1nnc(C2CCC2)s1. The van der Waals surface area contributed by atoms with Gasteiger partial charge in [-0.2, -0.15) is 0 Å². The Kier molecular flexibility index (Phi) is 3.77. The van der Waals surface area contributed by atoms with Crippen molar-refractivity contribution in [1.82, 2.24) is 25.2 Å². The molecule has 3 aromatic rings. The molecule has 1 N–H and O–H groups in total. The zero-order valence-corrected chi connectivity index (χ0v) is 13.5. The van der Waals surface area contributed by atoms with Gasteiger partial charge in [-0.05, 0) is 25.0 Å². The van der Waals surface area contributed by atoms with E-state index in [9.17, 15) is 9.59 Å². The number of amides is 1. The van der Waals surface area contributed by atoms with Gasteiger partial charge >= 0.3 is 0 Å². The first-order chi connectivity index (χ1) is 11.7. The highest BCUT2D eigenvalue weighted by molar-refractivity contribution is 7.15. The lowest BCUT2D eigenvalue weighted by Gasteiger charge is -2.21. The minimum absolute atomic E-state index is 0.213. The summed E-state index contributed by atoms with van der Waals surface area (Å²) in [4.78, 5) is 24.4. The quantitative estimate of drug-likeness (QED) is 0.772. The van der Waals surface area contributed by atoms with Crippen LogP contribution < -0.4 is 10.9 Å². The molecule has 0 atom stereocenters. The molecule has 9 heteroatoms. The van der Waals surface area contributed by atoms with Crippen LogP contribution in [0.3, 0.4) is 0 Å². The molecule has 1 aliphatic carbocycles. The molecule has 8 nitrogen and oxygen atoms in total. The normalized spacial score (nSPS) is 14.5. The van der Waals surface area contributed by atoms with E-state index < -0.39 is 0 Å². The molecule has 2 heterocycles. The van der Waals surface area contributed by atoms with E-state index in [4.69, 9.17) is 0 Å². The fraction of sp³-hybridized carbons (Fsp3) is 0.333. The fourth-order valence-electron chi connectivity index (χ4n) is 2.53. The molecular formula is C15H14N6O2S. The number of carbonyl (C=O) groups is 1. The van der Waals surface area contributed by atoms with Crippen LogP contribution >= 0.6 is 11.3 Å². The third kappa shape index (κ3) is 2.78. The average molecular weight is 342 g/mol. The summed E-state index contributed by atoms with van der Waals surface area (Å²) < 4.78 is 1.05. The minimum Gasteiger partial charge on any atom is -0.299 e. The molecule has 1 saturated carbocycles. The maximum atomic E-state index is 12.3. The van der Waals surface area contributed by atoms with E-state index in [1.807, 2.05) is 0 Å². The van der Waals surface area contributed by atoms with E-state index >= 15 is 0 Å². The van der Waals surface area contributed by atoms with E-state index in [1.165, 1.54) is 17.8 Å². The second-order valence-electron chi connectivity index (χ2n) is 5.69. The van der Waals surface area contributed by atoms with Crippen LogP contribution in [0.1, 0.15) is 30.2 Å². The van der Waals surface area contributed by atoms with Crippen LogP contribution in [-0.2, 0) is 11.3 Å². The maximum Gasteiger partial charge on any atom is 0.278 e. The van der Waals surface area contributed by atoms with Crippen molar-refractivity contribution < 1.29 is 4.79 Å². The van der Waals surface area contributed by atoms with E-state index in [2.05, 4.69) is 25.8 Å². The summed E-state index contributed by atoms with van der Waals surface area (Å²) >= 11 is 1.38. The first-order valence-electron chi connectivity index (χ1n) is 7.66. The summed E-state index contributed by atoms with van der Waals surface area (Å²) in [5, 5.41) is 20.4. The molecule has 0 spiro atoms. The molecule has 1 aliphatic rings. The van der Waals surface area contributed by atoms with Crippen molar-refractivity contribution in [1.29, 1.82) is 0 Å². The number of nitrogens with one attached hydrogen (secondary N) is 1. The second-order valence-corrected chi connectivity index (χ2v) is 6.70. The average Bonchev–Trinajstić information content (AvgIpc) is 2.96. The molecule has 4 rings (SSSR count). The van der Waals surface area contributed by atoms with E-state index in [0.717, 1.165) is 22.5 Å². The topological polar surface area (TPSA) is 103 Å². The Bertz CT molecular complexity index is 962. The summed E-state index contributed by atoms with van der Waals surface area (Å²) in [6.07, 6.45) is 3.48. The van der Waals surface area contributed by atoms with Gasteiger partial charge in [0.1, 0.15) is 17.1 Å². The zero-order chi connectivity index (χ0) is 16.5. The van der Waals surface area contributed by atoms with Gasteiger partial charge in [-0.25, -0.2) is 4.68 Å². The highest BCUT2D eigenvalue weighted by Gasteiger charge is 2.23. The Morgan fingerprint density at radius 3 is 2.88 bits per heavy atom. The van der Waals surface area contributed by atoms with Crippen LogP contribution in [0, 0.1) is 0 Å². The van der Waals surface area contributed by atoms with Crippen LogP contribution in [0.25, 0.3) is 10.9 Å². The smallest absolute Gasteiger partial charge is 0.278 e. The number of fused-ring (bicyclic) bond motifs is 1. The fourth-order valence-corrected chi connectivity index (χ4v) is 3.46. The van der Waals surface area contributed by atoms with Crippen molar-refractivity contribution in [3.05, 3.63) is 39.6 Å². The maximum absolute atomic E-state index is 12.3. The lowest BCUT2D eigenvalue weighted by Crippen LogP contribution is -2.30. The highest BCUT2D eigenvalue weighted by atomic mass is 32.1. The number of carbonyl (C=O) groups excluding carboxylic acids is 1. The van der Waals surface area contributed by atoms with Gasteiger partial charge in [0.2, 0.25) is 11.0 Å². The Hall–Kier alpha value is -2.68. The molecule has 122 valence electrons. The Balaban J connectivity index is 1.48. The monoisotopic (exact) mass is 342 g/mol. The van der Waals surface area contributed by atoms with Crippen molar-refractivity contribution in [2.45, 2.75) is 31.7 Å². The lowest BCUT2D eigenvalue weighted by atomic mass is 9.86. The minimum atomic E-state index is -0.377. The first kappa shape index (κ1) is 14.9. The molecule has 0 unspecified atom stereocenters. The van der Waals surface area contributed by atoms with Gasteiger partial charge in [-0.1, -0.05) is 35.1 Å². The van der Waals surface area contributed by atoms with Gasteiger partial charge in [0.05, 0.1) is 5.39 Å². The second kappa shape index (κ2) is 6.08. The summed E-state index contributed by atoms with van der Waals surface area (Å²) in [6, 6.07) is 6.90. The first-order valence-corrected chi connectivity index (χ1v) is 8.48. The molecule has 0 saturated heterocycles. The van der Waals surface area contributed by atoms with Gasteiger partial charge in [0, 0.05) is 5.92 Å². The molecule has 2 aromatic heterocycles. The van der Waals surface area contributed by atoms with Crippen molar-refractivity contribution >= 4 is 33.3 Å². The standard InChI is InChI=1S/C15H14N6O2S/c22-12(16-15-19-18-13(24-15)9-4-3-5-9)8-21-14(23)10-6-1-2-7-11(10)17-20-21/h1-2,6-7,9H,3-5,8H2,(H,16,19,22). The number of aromatic nitrogens is 5. The number of rotatable bonds is 4. The molecule has 1 fully saturated rings. The van der Waals surface area contributed by atoms with E-state index in [-0.39, 0.29) is 18.0 Å². The number of hydrogen-bond donors (Lipinski definition) is 1. The largest absolute Gasteiger partial charge is 0.299 e. The van der Waals surface area contributed by atoms with Crippen LogP contribution in [0.4, 0.5) is 5.13 Å². The Morgan fingerprint density at radius 1 is 1.25 bits per heavy atom. The van der Waals surface area contributed by atoms with Gasteiger partial charge < -0.3 is 0 Å². The molecule has 0 aliphatic heterocycles. The van der Waals surface area contributed by atoms with Crippen LogP contribution in [-0.4, -0.2) is 31.1 Å². The highest BCUT2D eigenvalue weighted by Crippen LogP contribution is 2.38. The van der Waals surface area contributed by atoms with Gasteiger partial charge in [-0.15, -0.1) is 15.3 Å². The van der Waals surface area contributed by atoms with Crippen molar-refractivity contribution in [3.8, 4) is 0 Å². The number of benzene rings is 1. The molecule has 1 amide bonds. The molecule has 0 bridgehead atoms. The van der Waals surface area contributed by atoms with Gasteiger partial charge in [-0.3, -0.25) is 14.9 Å². The summed E-state index contributed by atoms with van der Waals surface area (Å²) in [5.41, 5.74) is 0.164. The van der Waals surface area contributed by atoms with Crippen molar-refractivity contribution in [3.63, 3.8) is 0 Å². The van der Waals surface area contributed by atoms with Crippen molar-refractivity contribution in [2.24, 2.45) is 0 Å². The van der Waals surface area contributed by atoms with E-state index in [1.54, 1.807) is 24.3 Å². The van der Waals surface area contributed by atoms with Crippen molar-refractivity contribution in [2.75, 3.05) is 5.32 Å². The van der Waals surface area contributed by atoms with Crippen LogP contribution in [0.5, 0.6) is 0 Å². The number of hydrogen-bond acceptors (Lipinski definition) is 7. The number of anilines is 1. The van der Waals surface area contributed by atoms with E-state index in [0.29, 0.717) is 22.0 Å². The third-order valence-corrected chi connectivity index (χ3v) is 5.07. The van der Waals surface area contributed by atoms with Gasteiger partial charge in [0.25, 0.3) is 5.56 Å². The predicted octanol–water partition coefficient (Wildman–Crippen LogP) is 1.55. The summed E-state index contributed by atoms with van der Waals surface area (Å²) in [6.45, 7) is -0.213. The number of nitrogens with zero attached hydrogens (tertiary/aromatic N) is 5. The lowest BCUT2D eigenvalue weighted by molar-refractivity contribution is -0.117. The Labute approximate surface area is 140 Å². The Morgan fingerprint density at radius 2 is 2.08 bits per heavy atom. The molecular weight excluding hydrogens is 328 g/mol. The van der Waals surface area contributed by atoms with Gasteiger partial charge in [0.15, 0.2) is 0 Å². The third-order valence-electron chi connectivity index (χ3n) is 4.06. The molecule has 0 radical (unpaired) electrons. The van der Waals surface area contributed by atoms with Crippen LogP contribution in [0.15, 0.2) is 29.1 Å². The molecule has 1 aromatic carbocycles. The predicted molar refractivity (Wildman–Crippen MR) is 88.9 cm³/mol. The molecule has 24 heavy (non-hydrogen) atoms. The zero-order valence-electron chi connectivity index (χ0n) is 12.7. The summed E-state index contributed by atoms with van der Waals surface area (Å²) in [7, 11) is 0. The summed E-state index contributed by atoms with van der Waals surface area (Å²) in [5.74, 6) is 0.0973.